The summed E-state index contributed by atoms with van der Waals surface area (Å²) in [6.45, 7) is -0.111. The first kappa shape index (κ1) is 17.7. The first-order valence-corrected chi connectivity index (χ1v) is 9.14. The maximum Gasteiger partial charge on any atom is 0.312 e. The molecule has 0 bridgehead atoms. The number of carboxylic acids is 1. The Kier molecular flexibility index (Phi) is 5.40. The third-order valence-corrected chi connectivity index (χ3v) is 4.07. The van der Waals surface area contributed by atoms with Crippen molar-refractivity contribution in [2.75, 3.05) is 12.8 Å². The number of aliphatic carboxylic acids is 1. The molecule has 1 aromatic heterocycles. The summed E-state index contributed by atoms with van der Waals surface area (Å²) < 4.78 is 27.6. The highest BCUT2D eigenvalue weighted by molar-refractivity contribution is 7.89. The number of amides is 1. The summed E-state index contributed by atoms with van der Waals surface area (Å²) in [5.74, 6) is -2.76. The molecule has 0 spiro atoms. The molecule has 1 aromatic carbocycles. The average molecular weight is 351 g/mol. The monoisotopic (exact) mass is 351 g/mol. The van der Waals surface area contributed by atoms with Crippen LogP contribution in [0.15, 0.2) is 46.9 Å². The second kappa shape index (κ2) is 7.31. The Hall–Kier alpha value is -2.61. The van der Waals surface area contributed by atoms with Gasteiger partial charge in [-0.05, 0) is 17.7 Å². The Morgan fingerprint density at radius 3 is 2.42 bits per heavy atom. The van der Waals surface area contributed by atoms with Crippen molar-refractivity contribution in [1.29, 1.82) is 0 Å². The van der Waals surface area contributed by atoms with Crippen molar-refractivity contribution in [2.24, 2.45) is 0 Å². The number of hydrogen-bond donors (Lipinski definition) is 2. The van der Waals surface area contributed by atoms with Crippen LogP contribution in [0.5, 0.6) is 0 Å². The zero-order valence-electron chi connectivity index (χ0n) is 12.9. The molecule has 0 saturated heterocycles. The summed E-state index contributed by atoms with van der Waals surface area (Å²) in [4.78, 5) is 23.4. The topological polar surface area (TPSA) is 114 Å². The van der Waals surface area contributed by atoms with Crippen molar-refractivity contribution in [2.45, 2.75) is 11.7 Å². The SMILES string of the molecule is CS(=O)(=O)Cc1ccc(C(=O)NCC(C(=O)O)c2ccccc2)o1. The molecule has 0 aliphatic carbocycles. The lowest BCUT2D eigenvalue weighted by molar-refractivity contribution is -0.138. The van der Waals surface area contributed by atoms with Gasteiger partial charge in [-0.1, -0.05) is 30.3 Å². The van der Waals surface area contributed by atoms with Gasteiger partial charge < -0.3 is 14.8 Å². The lowest BCUT2D eigenvalue weighted by Gasteiger charge is -2.13. The molecule has 1 amide bonds. The van der Waals surface area contributed by atoms with Crippen molar-refractivity contribution in [3.05, 3.63) is 59.5 Å². The fourth-order valence-electron chi connectivity index (χ4n) is 2.15. The first-order valence-electron chi connectivity index (χ1n) is 7.08. The van der Waals surface area contributed by atoms with Gasteiger partial charge in [0.2, 0.25) is 0 Å². The largest absolute Gasteiger partial charge is 0.481 e. The lowest BCUT2D eigenvalue weighted by atomic mass is 9.99. The van der Waals surface area contributed by atoms with E-state index in [0.29, 0.717) is 5.56 Å². The molecule has 24 heavy (non-hydrogen) atoms. The molecule has 1 atom stereocenters. The number of rotatable bonds is 7. The maximum absolute atomic E-state index is 12.0. The number of benzene rings is 1. The van der Waals surface area contributed by atoms with E-state index in [9.17, 15) is 23.1 Å². The normalized spacial score (nSPS) is 12.5. The van der Waals surface area contributed by atoms with Crippen LogP contribution in [-0.2, 0) is 20.4 Å². The Labute approximate surface area is 139 Å². The molecule has 1 heterocycles. The minimum Gasteiger partial charge on any atom is -0.481 e. The Bertz CT molecular complexity index is 825. The van der Waals surface area contributed by atoms with Crippen molar-refractivity contribution in [1.82, 2.24) is 5.32 Å². The molecule has 0 aliphatic heterocycles. The Morgan fingerprint density at radius 1 is 1.17 bits per heavy atom. The second-order valence-electron chi connectivity index (χ2n) is 5.35. The number of furan rings is 1. The highest BCUT2D eigenvalue weighted by Crippen LogP contribution is 2.16. The van der Waals surface area contributed by atoms with Crippen LogP contribution in [0.25, 0.3) is 0 Å². The fourth-order valence-corrected chi connectivity index (χ4v) is 2.82. The summed E-state index contributed by atoms with van der Waals surface area (Å²) in [5.41, 5.74) is 0.572. The van der Waals surface area contributed by atoms with Crippen LogP contribution >= 0.6 is 0 Å². The lowest BCUT2D eigenvalue weighted by Crippen LogP contribution is -2.31. The summed E-state index contributed by atoms with van der Waals surface area (Å²) >= 11 is 0. The second-order valence-corrected chi connectivity index (χ2v) is 7.49. The Morgan fingerprint density at radius 2 is 1.83 bits per heavy atom. The van der Waals surface area contributed by atoms with Crippen LogP contribution in [-0.4, -0.2) is 38.2 Å². The van der Waals surface area contributed by atoms with E-state index in [0.717, 1.165) is 6.26 Å². The number of nitrogens with one attached hydrogen (secondary N) is 1. The predicted octanol–water partition coefficient (Wildman–Crippen LogP) is 1.42. The van der Waals surface area contributed by atoms with Crippen LogP contribution in [0.2, 0.25) is 0 Å². The van der Waals surface area contributed by atoms with Gasteiger partial charge >= 0.3 is 5.97 Å². The third kappa shape index (κ3) is 4.95. The van der Waals surface area contributed by atoms with E-state index >= 15 is 0 Å². The number of sulfone groups is 1. The van der Waals surface area contributed by atoms with E-state index in [4.69, 9.17) is 4.42 Å². The zero-order chi connectivity index (χ0) is 17.7. The minimum atomic E-state index is -3.27. The first-order chi connectivity index (χ1) is 11.3. The zero-order valence-corrected chi connectivity index (χ0v) is 13.7. The molecule has 1 unspecified atom stereocenters. The molecule has 0 saturated carbocycles. The summed E-state index contributed by atoms with van der Waals surface area (Å²) in [5, 5.41) is 11.8. The van der Waals surface area contributed by atoms with Crippen LogP contribution in [0.1, 0.15) is 27.8 Å². The van der Waals surface area contributed by atoms with Crippen LogP contribution in [0.3, 0.4) is 0 Å². The number of carbonyl (C=O) groups excluding carboxylic acids is 1. The van der Waals surface area contributed by atoms with E-state index in [1.807, 2.05) is 0 Å². The molecule has 2 rings (SSSR count). The van der Waals surface area contributed by atoms with Gasteiger partial charge in [0.05, 0.1) is 5.92 Å². The van der Waals surface area contributed by atoms with E-state index in [1.165, 1.54) is 12.1 Å². The number of carboxylic acid groups (broad SMARTS) is 1. The molecule has 128 valence electrons. The number of hydrogen-bond acceptors (Lipinski definition) is 5. The van der Waals surface area contributed by atoms with Crippen molar-refractivity contribution in [3.8, 4) is 0 Å². The van der Waals surface area contributed by atoms with Gasteiger partial charge in [0, 0.05) is 12.8 Å². The molecule has 0 aliphatic rings. The molecule has 0 radical (unpaired) electrons. The minimum absolute atomic E-state index is 0.0640. The van der Waals surface area contributed by atoms with Gasteiger partial charge in [0.25, 0.3) is 5.91 Å². The van der Waals surface area contributed by atoms with Gasteiger partial charge in [0.1, 0.15) is 11.5 Å². The molecule has 8 heteroatoms. The van der Waals surface area contributed by atoms with E-state index in [2.05, 4.69) is 5.32 Å². The van der Waals surface area contributed by atoms with Gasteiger partial charge in [0.15, 0.2) is 15.6 Å². The number of carbonyl (C=O) groups is 2. The van der Waals surface area contributed by atoms with Gasteiger partial charge in [-0.25, -0.2) is 8.42 Å². The summed E-state index contributed by atoms with van der Waals surface area (Å²) in [6.07, 6.45) is 1.06. The van der Waals surface area contributed by atoms with Crippen molar-refractivity contribution < 1.29 is 27.5 Å². The summed E-state index contributed by atoms with van der Waals surface area (Å²) in [6, 6.07) is 11.3. The van der Waals surface area contributed by atoms with Crippen LogP contribution in [0, 0.1) is 0 Å². The predicted molar refractivity (Wildman–Crippen MR) is 86.4 cm³/mol. The van der Waals surface area contributed by atoms with Crippen molar-refractivity contribution in [3.63, 3.8) is 0 Å². The van der Waals surface area contributed by atoms with Gasteiger partial charge in [-0.2, -0.15) is 0 Å². The molecular formula is C16H17NO6S. The smallest absolute Gasteiger partial charge is 0.312 e. The van der Waals surface area contributed by atoms with Crippen LogP contribution in [0.4, 0.5) is 0 Å². The van der Waals surface area contributed by atoms with E-state index in [1.54, 1.807) is 30.3 Å². The third-order valence-electron chi connectivity index (χ3n) is 3.26. The molecule has 0 fully saturated rings. The highest BCUT2D eigenvalue weighted by Gasteiger charge is 2.21. The summed E-state index contributed by atoms with van der Waals surface area (Å²) in [7, 11) is -3.27. The highest BCUT2D eigenvalue weighted by atomic mass is 32.2. The molecular weight excluding hydrogens is 334 g/mol. The Balaban J connectivity index is 2.03. The standard InChI is InChI=1S/C16H17NO6S/c1-24(21,22)10-12-7-8-14(23-12)15(18)17-9-13(16(19)20)11-5-3-2-4-6-11/h2-8,13H,9-10H2,1H3,(H,17,18)(H,19,20). The van der Waals surface area contributed by atoms with Gasteiger partial charge in [-0.3, -0.25) is 9.59 Å². The van der Waals surface area contributed by atoms with Crippen LogP contribution < -0.4 is 5.32 Å². The van der Waals surface area contributed by atoms with E-state index in [-0.39, 0.29) is 23.8 Å². The average Bonchev–Trinajstić information content (AvgIpc) is 2.94. The van der Waals surface area contributed by atoms with Gasteiger partial charge in [-0.15, -0.1) is 0 Å². The maximum atomic E-state index is 12.0. The van der Waals surface area contributed by atoms with Crippen molar-refractivity contribution >= 4 is 21.7 Å². The molecule has 7 nitrogen and oxygen atoms in total. The quantitative estimate of drug-likeness (QED) is 0.780. The van der Waals surface area contributed by atoms with E-state index < -0.39 is 27.6 Å². The fraction of sp³-hybridized carbons (Fsp3) is 0.250. The molecule has 2 N–H and O–H groups in total. The molecule has 2 aromatic rings.